The molecule has 2 heteroatoms. The van der Waals surface area contributed by atoms with E-state index in [-0.39, 0.29) is 0 Å². The maximum atomic E-state index is 2.39. The number of benzene rings is 10. The number of anilines is 3. The summed E-state index contributed by atoms with van der Waals surface area (Å²) in [6.45, 7) is 0. The molecule has 0 N–H and O–H groups in total. The van der Waals surface area contributed by atoms with Gasteiger partial charge in [0.25, 0.3) is 0 Å². The molecule has 0 atom stereocenters. The van der Waals surface area contributed by atoms with E-state index in [0.29, 0.717) is 0 Å². The fraction of sp³-hybridized carbons (Fsp3) is 0. The lowest BCUT2D eigenvalue weighted by molar-refractivity contribution is 1.29. The van der Waals surface area contributed by atoms with Crippen molar-refractivity contribution < 1.29 is 0 Å². The minimum Gasteiger partial charge on any atom is -0.310 e. The highest BCUT2D eigenvalue weighted by molar-refractivity contribution is 7.25. The van der Waals surface area contributed by atoms with Gasteiger partial charge in [0.05, 0.1) is 0 Å². The molecule has 272 valence electrons. The second kappa shape index (κ2) is 14.4. The van der Waals surface area contributed by atoms with Gasteiger partial charge < -0.3 is 4.90 Å². The maximum Gasteiger partial charge on any atom is 0.0468 e. The Labute approximate surface area is 342 Å². The minimum absolute atomic E-state index is 1.11. The second-order valence-electron chi connectivity index (χ2n) is 15.0. The first-order valence-electron chi connectivity index (χ1n) is 19.8. The lowest BCUT2D eigenvalue weighted by Gasteiger charge is -2.26. The maximum absolute atomic E-state index is 2.39. The highest BCUT2D eigenvalue weighted by Gasteiger charge is 2.15. The Bertz CT molecular complexity index is 3260. The van der Waals surface area contributed by atoms with Gasteiger partial charge in [0.2, 0.25) is 0 Å². The van der Waals surface area contributed by atoms with Crippen LogP contribution in [0.4, 0.5) is 17.1 Å². The van der Waals surface area contributed by atoms with Gasteiger partial charge in [-0.3, -0.25) is 0 Å². The molecule has 1 aromatic heterocycles. The van der Waals surface area contributed by atoms with E-state index in [1.165, 1.54) is 86.2 Å². The van der Waals surface area contributed by atoms with Crippen LogP contribution in [0.25, 0.3) is 86.2 Å². The monoisotopic (exact) mass is 755 g/mol. The summed E-state index contributed by atoms with van der Waals surface area (Å²) in [6.07, 6.45) is 0. The molecule has 0 unspecified atom stereocenters. The molecular formula is C56H37NS. The predicted molar refractivity (Wildman–Crippen MR) is 251 cm³/mol. The quantitative estimate of drug-likeness (QED) is 0.157. The van der Waals surface area contributed by atoms with Crippen LogP contribution in [-0.2, 0) is 0 Å². The van der Waals surface area contributed by atoms with Crippen LogP contribution in [0.5, 0.6) is 0 Å². The van der Waals surface area contributed by atoms with E-state index >= 15 is 0 Å². The van der Waals surface area contributed by atoms with E-state index in [9.17, 15) is 0 Å². The van der Waals surface area contributed by atoms with Gasteiger partial charge in [-0.1, -0.05) is 158 Å². The zero-order chi connectivity index (χ0) is 38.4. The van der Waals surface area contributed by atoms with Crippen LogP contribution in [0.3, 0.4) is 0 Å². The summed E-state index contributed by atoms with van der Waals surface area (Å²) in [7, 11) is 0. The van der Waals surface area contributed by atoms with E-state index in [1.807, 2.05) is 11.3 Å². The van der Waals surface area contributed by atoms with Crippen molar-refractivity contribution in [2.45, 2.75) is 0 Å². The number of nitrogens with zero attached hydrogens (tertiary/aromatic N) is 1. The molecule has 0 aliphatic rings. The number of thiophene rings is 1. The van der Waals surface area contributed by atoms with Crippen molar-refractivity contribution in [3.05, 3.63) is 224 Å². The van der Waals surface area contributed by atoms with Gasteiger partial charge in [0.1, 0.15) is 0 Å². The van der Waals surface area contributed by atoms with E-state index in [2.05, 4.69) is 229 Å². The van der Waals surface area contributed by atoms with Gasteiger partial charge in [0, 0.05) is 37.2 Å². The van der Waals surface area contributed by atoms with Gasteiger partial charge in [-0.15, -0.1) is 11.3 Å². The Morgan fingerprint density at radius 3 is 1.48 bits per heavy atom. The third-order valence-corrected chi connectivity index (χ3v) is 12.6. The fourth-order valence-corrected chi connectivity index (χ4v) is 9.55. The molecule has 0 aliphatic heterocycles. The molecule has 11 rings (SSSR count). The topological polar surface area (TPSA) is 3.24 Å². The molecular weight excluding hydrogens is 719 g/mol. The smallest absolute Gasteiger partial charge is 0.0468 e. The fourth-order valence-electron chi connectivity index (χ4n) is 8.48. The summed E-state index contributed by atoms with van der Waals surface area (Å²) < 4.78 is 2.63. The van der Waals surface area contributed by atoms with Gasteiger partial charge in [-0.2, -0.15) is 0 Å². The zero-order valence-electron chi connectivity index (χ0n) is 31.7. The molecule has 0 radical (unpaired) electrons. The summed E-state index contributed by atoms with van der Waals surface area (Å²) in [5.74, 6) is 0. The molecule has 0 aliphatic carbocycles. The first kappa shape index (κ1) is 34.0. The number of hydrogen-bond donors (Lipinski definition) is 0. The minimum atomic E-state index is 1.11. The van der Waals surface area contributed by atoms with E-state index < -0.39 is 0 Å². The molecule has 0 saturated carbocycles. The Balaban J connectivity index is 0.936. The molecule has 10 aromatic carbocycles. The van der Waals surface area contributed by atoms with Crippen molar-refractivity contribution in [3.8, 4) is 44.5 Å². The van der Waals surface area contributed by atoms with Crippen LogP contribution < -0.4 is 4.90 Å². The first-order valence-corrected chi connectivity index (χ1v) is 20.6. The first-order chi connectivity index (χ1) is 28.7. The number of rotatable bonds is 7. The molecule has 0 bridgehead atoms. The van der Waals surface area contributed by atoms with Crippen LogP contribution in [0.2, 0.25) is 0 Å². The van der Waals surface area contributed by atoms with Crippen molar-refractivity contribution >= 4 is 70.1 Å². The van der Waals surface area contributed by atoms with Crippen LogP contribution in [0, 0.1) is 0 Å². The molecule has 0 amide bonds. The van der Waals surface area contributed by atoms with Gasteiger partial charge in [-0.25, -0.2) is 0 Å². The SMILES string of the molecule is c1ccc(-c2ccc(N(c3ccc(-c4cccc(-c5ccc6sc7ccc(-c8cccc9ccccc89)cc7c6c5)c4)cc3)c3ccc4ccccc4c3)cc2)cc1. The third-order valence-electron chi connectivity index (χ3n) is 11.4. The largest absolute Gasteiger partial charge is 0.310 e. The molecule has 11 aromatic rings. The van der Waals surface area contributed by atoms with Crippen molar-refractivity contribution in [2.75, 3.05) is 4.90 Å². The van der Waals surface area contributed by atoms with Crippen LogP contribution >= 0.6 is 11.3 Å². The summed E-state index contributed by atoms with van der Waals surface area (Å²) in [6, 6.07) is 81.9. The third kappa shape index (κ3) is 6.21. The number of hydrogen-bond acceptors (Lipinski definition) is 2. The van der Waals surface area contributed by atoms with E-state index in [4.69, 9.17) is 0 Å². The summed E-state index contributed by atoms with van der Waals surface area (Å²) in [4.78, 5) is 2.35. The Kier molecular flexibility index (Phi) is 8.42. The average Bonchev–Trinajstić information content (AvgIpc) is 3.67. The van der Waals surface area contributed by atoms with E-state index in [1.54, 1.807) is 0 Å². The molecule has 58 heavy (non-hydrogen) atoms. The number of fused-ring (bicyclic) bond motifs is 5. The van der Waals surface area contributed by atoms with Crippen LogP contribution in [0.1, 0.15) is 0 Å². The molecule has 1 heterocycles. The molecule has 0 fully saturated rings. The Morgan fingerprint density at radius 2 is 0.741 bits per heavy atom. The Morgan fingerprint density at radius 1 is 0.259 bits per heavy atom. The Hall–Kier alpha value is -7.26. The predicted octanol–water partition coefficient (Wildman–Crippen LogP) is 16.5. The summed E-state index contributed by atoms with van der Waals surface area (Å²) in [5, 5.41) is 7.62. The van der Waals surface area contributed by atoms with Gasteiger partial charge in [-0.05, 0) is 133 Å². The van der Waals surface area contributed by atoms with Crippen molar-refractivity contribution in [1.82, 2.24) is 0 Å². The average molecular weight is 756 g/mol. The van der Waals surface area contributed by atoms with Crippen molar-refractivity contribution in [1.29, 1.82) is 0 Å². The normalized spacial score (nSPS) is 11.4. The second-order valence-corrected chi connectivity index (χ2v) is 16.0. The van der Waals surface area contributed by atoms with Crippen LogP contribution in [-0.4, -0.2) is 0 Å². The standard InChI is InChI=1S/C56H37NS/c1-2-10-38(11-3-1)40-20-27-48(28-21-40)57(50-31-24-39-12-4-5-14-45(39)35-50)49-29-22-41(23-30-49)43-16-8-17-44(34-43)46-25-32-55-53(36-46)54-37-47(26-33-56(54)58-55)52-19-9-15-42-13-6-7-18-51(42)52/h1-37H. The highest BCUT2D eigenvalue weighted by Crippen LogP contribution is 2.41. The van der Waals surface area contributed by atoms with Crippen LogP contribution in [0.15, 0.2) is 224 Å². The molecule has 1 nitrogen and oxygen atoms in total. The summed E-state index contributed by atoms with van der Waals surface area (Å²) in [5.41, 5.74) is 13.1. The summed E-state index contributed by atoms with van der Waals surface area (Å²) >= 11 is 1.87. The molecule has 0 saturated heterocycles. The van der Waals surface area contributed by atoms with Crippen molar-refractivity contribution in [3.63, 3.8) is 0 Å². The van der Waals surface area contributed by atoms with Crippen molar-refractivity contribution in [2.24, 2.45) is 0 Å². The highest BCUT2D eigenvalue weighted by atomic mass is 32.1. The zero-order valence-corrected chi connectivity index (χ0v) is 32.5. The lowest BCUT2D eigenvalue weighted by atomic mass is 9.96. The van der Waals surface area contributed by atoms with E-state index in [0.717, 1.165) is 17.1 Å². The van der Waals surface area contributed by atoms with Gasteiger partial charge >= 0.3 is 0 Å². The molecule has 0 spiro atoms. The lowest BCUT2D eigenvalue weighted by Crippen LogP contribution is -2.09. The van der Waals surface area contributed by atoms with Gasteiger partial charge in [0.15, 0.2) is 0 Å².